The first-order valence-electron chi connectivity index (χ1n) is 12.1. The van der Waals surface area contributed by atoms with E-state index in [1.165, 1.54) is 0 Å². The summed E-state index contributed by atoms with van der Waals surface area (Å²) in [6.07, 6.45) is 0. The van der Waals surface area contributed by atoms with E-state index in [4.69, 9.17) is 0 Å². The second-order valence-electron chi connectivity index (χ2n) is 8.72. The SMILES string of the molecule is O=C(c1ccccc1)c1ccccc1C(=O)c1ccc(C(=O)c2ccccc2C(=O)c2ccccc2)cc1. The first-order chi connectivity index (χ1) is 18.5. The molecule has 0 unspecified atom stereocenters. The van der Waals surface area contributed by atoms with Crippen LogP contribution in [0.5, 0.6) is 0 Å². The van der Waals surface area contributed by atoms with Crippen molar-refractivity contribution in [2.75, 3.05) is 0 Å². The van der Waals surface area contributed by atoms with Crippen molar-refractivity contribution >= 4 is 23.1 Å². The molecule has 0 aliphatic heterocycles. The topological polar surface area (TPSA) is 68.3 Å². The van der Waals surface area contributed by atoms with Crippen molar-refractivity contribution in [1.82, 2.24) is 0 Å². The third-order valence-corrected chi connectivity index (χ3v) is 6.31. The van der Waals surface area contributed by atoms with E-state index in [9.17, 15) is 19.2 Å². The Balaban J connectivity index is 1.42. The summed E-state index contributed by atoms with van der Waals surface area (Å²) in [6.45, 7) is 0. The maximum atomic E-state index is 13.4. The van der Waals surface area contributed by atoms with Crippen LogP contribution in [0, 0.1) is 0 Å². The smallest absolute Gasteiger partial charge is 0.193 e. The maximum absolute atomic E-state index is 13.4. The van der Waals surface area contributed by atoms with E-state index in [1.807, 2.05) is 12.1 Å². The van der Waals surface area contributed by atoms with Crippen LogP contribution in [0.2, 0.25) is 0 Å². The van der Waals surface area contributed by atoms with E-state index in [1.54, 1.807) is 121 Å². The zero-order valence-electron chi connectivity index (χ0n) is 20.3. The monoisotopic (exact) mass is 494 g/mol. The van der Waals surface area contributed by atoms with E-state index in [0.29, 0.717) is 44.5 Å². The predicted octanol–water partition coefficient (Wildman–Crippen LogP) is 6.61. The largest absolute Gasteiger partial charge is 0.289 e. The van der Waals surface area contributed by atoms with Crippen LogP contribution < -0.4 is 0 Å². The summed E-state index contributed by atoms with van der Waals surface area (Å²) >= 11 is 0. The van der Waals surface area contributed by atoms with Crippen molar-refractivity contribution in [3.8, 4) is 0 Å². The highest BCUT2D eigenvalue weighted by atomic mass is 16.1. The molecule has 182 valence electrons. The number of carbonyl (C=O) groups excluding carboxylic acids is 4. The molecule has 38 heavy (non-hydrogen) atoms. The minimum absolute atomic E-state index is 0.235. The predicted molar refractivity (Wildman–Crippen MR) is 146 cm³/mol. The lowest BCUT2D eigenvalue weighted by atomic mass is 9.91. The van der Waals surface area contributed by atoms with Crippen LogP contribution in [0.4, 0.5) is 0 Å². The molecule has 0 saturated heterocycles. The van der Waals surface area contributed by atoms with Crippen LogP contribution in [0.15, 0.2) is 133 Å². The molecule has 0 fully saturated rings. The van der Waals surface area contributed by atoms with Gasteiger partial charge in [-0.15, -0.1) is 0 Å². The van der Waals surface area contributed by atoms with Gasteiger partial charge in [-0.05, 0) is 0 Å². The Morgan fingerprint density at radius 3 is 0.737 bits per heavy atom. The number of benzene rings is 5. The molecule has 0 aliphatic rings. The van der Waals surface area contributed by atoms with Crippen LogP contribution in [0.1, 0.15) is 63.7 Å². The molecule has 0 spiro atoms. The molecule has 0 bridgehead atoms. The second-order valence-corrected chi connectivity index (χ2v) is 8.72. The molecule has 0 aromatic heterocycles. The quantitative estimate of drug-likeness (QED) is 0.228. The molecule has 5 rings (SSSR count). The van der Waals surface area contributed by atoms with Crippen LogP contribution in [0.25, 0.3) is 0 Å². The maximum Gasteiger partial charge on any atom is 0.193 e. The Labute approximate surface area is 220 Å². The second kappa shape index (κ2) is 10.8. The summed E-state index contributed by atoms with van der Waals surface area (Å²) in [6, 6.07) is 37.3. The van der Waals surface area contributed by atoms with Gasteiger partial charge in [0, 0.05) is 44.5 Å². The molecule has 0 aliphatic carbocycles. The summed E-state index contributed by atoms with van der Waals surface area (Å²) in [5.41, 5.74) is 2.91. The zero-order valence-corrected chi connectivity index (χ0v) is 20.3. The number of hydrogen-bond donors (Lipinski definition) is 0. The minimum atomic E-state index is -0.316. The zero-order chi connectivity index (χ0) is 26.5. The van der Waals surface area contributed by atoms with Crippen LogP contribution in [-0.4, -0.2) is 23.1 Å². The highest BCUT2D eigenvalue weighted by Gasteiger charge is 2.21. The van der Waals surface area contributed by atoms with Crippen LogP contribution in [0.3, 0.4) is 0 Å². The average molecular weight is 495 g/mol. The average Bonchev–Trinajstić information content (AvgIpc) is 3.00. The van der Waals surface area contributed by atoms with Gasteiger partial charge < -0.3 is 0 Å². The van der Waals surface area contributed by atoms with E-state index in [2.05, 4.69) is 0 Å². The Kier molecular flexibility index (Phi) is 6.96. The van der Waals surface area contributed by atoms with E-state index in [-0.39, 0.29) is 23.1 Å². The van der Waals surface area contributed by atoms with Gasteiger partial charge >= 0.3 is 0 Å². The van der Waals surface area contributed by atoms with E-state index >= 15 is 0 Å². The molecule has 4 heteroatoms. The molecular formula is C34H22O4. The van der Waals surface area contributed by atoms with Gasteiger partial charge in [0.2, 0.25) is 0 Å². The number of carbonyl (C=O) groups is 4. The molecule has 0 heterocycles. The van der Waals surface area contributed by atoms with Crippen molar-refractivity contribution in [1.29, 1.82) is 0 Å². The van der Waals surface area contributed by atoms with Crippen molar-refractivity contribution < 1.29 is 19.2 Å². The van der Waals surface area contributed by atoms with Crippen LogP contribution in [-0.2, 0) is 0 Å². The fourth-order valence-electron chi connectivity index (χ4n) is 4.33. The first-order valence-corrected chi connectivity index (χ1v) is 12.1. The Bertz CT molecular complexity index is 1520. The molecule has 0 amide bonds. The van der Waals surface area contributed by atoms with E-state index < -0.39 is 0 Å². The van der Waals surface area contributed by atoms with Crippen molar-refractivity contribution in [2.45, 2.75) is 0 Å². The Morgan fingerprint density at radius 2 is 0.474 bits per heavy atom. The standard InChI is InChI=1S/C34H22O4/c35-31(23-11-3-1-4-12-23)27-15-7-9-17-29(27)33(37)25-19-21-26(22-20-25)34(38)30-18-10-8-16-28(30)32(36)24-13-5-2-6-14-24/h1-22H. The minimum Gasteiger partial charge on any atom is -0.289 e. The van der Waals surface area contributed by atoms with E-state index in [0.717, 1.165) is 0 Å². The first kappa shape index (κ1) is 24.5. The van der Waals surface area contributed by atoms with Crippen molar-refractivity contribution in [3.63, 3.8) is 0 Å². The molecule has 4 nitrogen and oxygen atoms in total. The van der Waals surface area contributed by atoms with Gasteiger partial charge in [0.25, 0.3) is 0 Å². The number of hydrogen-bond acceptors (Lipinski definition) is 4. The molecule has 0 saturated carbocycles. The van der Waals surface area contributed by atoms with Gasteiger partial charge in [-0.25, -0.2) is 0 Å². The third-order valence-electron chi connectivity index (χ3n) is 6.31. The highest BCUT2D eigenvalue weighted by Crippen LogP contribution is 2.22. The Hall–Kier alpha value is -5.22. The molecule has 0 radical (unpaired) electrons. The van der Waals surface area contributed by atoms with Crippen LogP contribution >= 0.6 is 0 Å². The summed E-state index contributed by atoms with van der Waals surface area (Å²) in [5.74, 6) is -1.10. The van der Waals surface area contributed by atoms with Gasteiger partial charge in [0.1, 0.15) is 0 Å². The fourth-order valence-corrected chi connectivity index (χ4v) is 4.33. The Morgan fingerprint density at radius 1 is 0.263 bits per heavy atom. The van der Waals surface area contributed by atoms with Crippen molar-refractivity contribution in [3.05, 3.63) is 178 Å². The number of ketones is 4. The highest BCUT2D eigenvalue weighted by molar-refractivity contribution is 6.21. The van der Waals surface area contributed by atoms with Gasteiger partial charge in [0.15, 0.2) is 23.1 Å². The summed E-state index contributed by atoms with van der Waals surface area (Å²) in [4.78, 5) is 52.9. The number of rotatable bonds is 8. The van der Waals surface area contributed by atoms with Crippen molar-refractivity contribution in [2.24, 2.45) is 0 Å². The summed E-state index contributed by atoms with van der Waals surface area (Å²) < 4.78 is 0. The lowest BCUT2D eigenvalue weighted by molar-refractivity contribution is 0.100. The molecule has 0 N–H and O–H groups in total. The van der Waals surface area contributed by atoms with Gasteiger partial charge in [0.05, 0.1) is 0 Å². The normalized spacial score (nSPS) is 10.5. The third kappa shape index (κ3) is 4.88. The lowest BCUT2D eigenvalue weighted by Gasteiger charge is -2.10. The van der Waals surface area contributed by atoms with Gasteiger partial charge in [-0.3, -0.25) is 19.2 Å². The van der Waals surface area contributed by atoms with Gasteiger partial charge in [-0.1, -0.05) is 133 Å². The summed E-state index contributed by atoms with van der Waals surface area (Å²) in [5, 5.41) is 0. The van der Waals surface area contributed by atoms with Gasteiger partial charge in [-0.2, -0.15) is 0 Å². The molecule has 0 atom stereocenters. The molecule has 5 aromatic rings. The molecular weight excluding hydrogens is 472 g/mol. The lowest BCUT2D eigenvalue weighted by Crippen LogP contribution is -2.12. The molecule has 5 aromatic carbocycles. The summed E-state index contributed by atoms with van der Waals surface area (Å²) in [7, 11) is 0. The fraction of sp³-hybridized carbons (Fsp3) is 0.